The Morgan fingerprint density at radius 1 is 1.19 bits per heavy atom. The predicted octanol–water partition coefficient (Wildman–Crippen LogP) is 5.22. The maximum Gasteiger partial charge on any atom is 0.221 e. The zero-order valence-electron chi connectivity index (χ0n) is 19.0. The number of nitrogens with zero attached hydrogens (tertiary/aromatic N) is 1. The average Bonchev–Trinajstić information content (AvgIpc) is 2.65. The minimum atomic E-state index is -0.234. The van der Waals surface area contributed by atoms with Crippen molar-refractivity contribution < 1.29 is 13.9 Å². The third kappa shape index (κ3) is 4.77. The van der Waals surface area contributed by atoms with E-state index in [0.29, 0.717) is 30.3 Å². The van der Waals surface area contributed by atoms with Crippen LogP contribution in [-0.4, -0.2) is 37.6 Å². The molecule has 0 atom stereocenters. The lowest BCUT2D eigenvalue weighted by Crippen LogP contribution is -2.60. The topological polar surface area (TPSA) is 41.6 Å². The van der Waals surface area contributed by atoms with Gasteiger partial charge in [0.1, 0.15) is 11.6 Å². The van der Waals surface area contributed by atoms with Crippen LogP contribution in [0.5, 0.6) is 5.75 Å². The Hall–Kier alpha value is -2.40. The second-order valence-electron chi connectivity index (χ2n) is 9.97. The predicted molar refractivity (Wildman–Crippen MR) is 122 cm³/mol. The summed E-state index contributed by atoms with van der Waals surface area (Å²) in [6, 6.07) is 10.6. The van der Waals surface area contributed by atoms with Crippen LogP contribution >= 0.6 is 0 Å². The molecule has 1 amide bonds. The summed E-state index contributed by atoms with van der Waals surface area (Å²) >= 11 is 0. The van der Waals surface area contributed by atoms with Gasteiger partial charge >= 0.3 is 0 Å². The fraction of sp³-hybridized carbons (Fsp3) is 0.500. The SMILES string of the molecule is CC(=O)Nc1ccc(OCC(C)C)c(Cc2ccc(F)cc2)c1C1CC2(C1)CN(C)C2. The molecule has 0 unspecified atom stereocenters. The Balaban J connectivity index is 1.72. The first-order valence-electron chi connectivity index (χ1n) is 11.2. The minimum absolute atomic E-state index is 0.0674. The molecule has 0 aromatic heterocycles. The molecule has 1 saturated heterocycles. The smallest absolute Gasteiger partial charge is 0.221 e. The monoisotopic (exact) mass is 424 g/mol. The number of halogens is 1. The number of anilines is 1. The second-order valence-corrected chi connectivity index (χ2v) is 9.97. The van der Waals surface area contributed by atoms with E-state index in [1.165, 1.54) is 17.7 Å². The third-order valence-corrected chi connectivity index (χ3v) is 6.47. The number of amides is 1. The average molecular weight is 425 g/mol. The highest BCUT2D eigenvalue weighted by Crippen LogP contribution is 2.58. The Bertz CT molecular complexity index is 941. The molecule has 166 valence electrons. The normalized spacial score (nSPS) is 18.0. The van der Waals surface area contributed by atoms with Gasteiger partial charge in [-0.15, -0.1) is 0 Å². The van der Waals surface area contributed by atoms with E-state index in [0.717, 1.165) is 48.5 Å². The first-order valence-corrected chi connectivity index (χ1v) is 11.2. The third-order valence-electron chi connectivity index (χ3n) is 6.47. The number of carbonyl (C=O) groups is 1. The Morgan fingerprint density at radius 3 is 2.45 bits per heavy atom. The van der Waals surface area contributed by atoms with Crippen LogP contribution in [0.3, 0.4) is 0 Å². The van der Waals surface area contributed by atoms with E-state index in [4.69, 9.17) is 4.74 Å². The van der Waals surface area contributed by atoms with E-state index >= 15 is 0 Å². The summed E-state index contributed by atoms with van der Waals surface area (Å²) in [5.41, 5.74) is 4.66. The molecule has 4 nitrogen and oxygen atoms in total. The van der Waals surface area contributed by atoms with Gasteiger partial charge in [0.15, 0.2) is 0 Å². The number of hydrogen-bond donors (Lipinski definition) is 1. The van der Waals surface area contributed by atoms with Crippen molar-refractivity contribution in [1.82, 2.24) is 4.90 Å². The van der Waals surface area contributed by atoms with Gasteiger partial charge in [-0.1, -0.05) is 26.0 Å². The first-order chi connectivity index (χ1) is 14.7. The van der Waals surface area contributed by atoms with E-state index in [-0.39, 0.29) is 11.7 Å². The van der Waals surface area contributed by atoms with E-state index < -0.39 is 0 Å². The minimum Gasteiger partial charge on any atom is -0.493 e. The highest BCUT2D eigenvalue weighted by atomic mass is 19.1. The number of nitrogens with one attached hydrogen (secondary N) is 1. The van der Waals surface area contributed by atoms with Gasteiger partial charge in [0.05, 0.1) is 6.61 Å². The van der Waals surface area contributed by atoms with Crippen LogP contribution in [0.2, 0.25) is 0 Å². The van der Waals surface area contributed by atoms with Crippen molar-refractivity contribution in [2.24, 2.45) is 11.3 Å². The molecule has 0 bridgehead atoms. The molecule has 2 aromatic carbocycles. The molecule has 2 aromatic rings. The summed E-state index contributed by atoms with van der Waals surface area (Å²) in [7, 11) is 2.17. The number of carbonyl (C=O) groups excluding carboxylic acids is 1. The number of likely N-dealkylation sites (tertiary alicyclic amines) is 1. The van der Waals surface area contributed by atoms with Crippen LogP contribution in [0.1, 0.15) is 56.2 Å². The highest BCUT2D eigenvalue weighted by molar-refractivity contribution is 5.90. The van der Waals surface area contributed by atoms with Crippen LogP contribution in [-0.2, 0) is 11.2 Å². The van der Waals surface area contributed by atoms with Gasteiger partial charge in [0.25, 0.3) is 0 Å². The van der Waals surface area contributed by atoms with E-state index in [1.54, 1.807) is 6.92 Å². The maximum absolute atomic E-state index is 13.5. The van der Waals surface area contributed by atoms with Crippen molar-refractivity contribution >= 4 is 11.6 Å². The van der Waals surface area contributed by atoms with E-state index in [2.05, 4.69) is 31.1 Å². The van der Waals surface area contributed by atoms with Crippen LogP contribution in [0.4, 0.5) is 10.1 Å². The molecule has 1 aliphatic carbocycles. The molecule has 1 heterocycles. The Labute approximate surface area is 184 Å². The summed E-state index contributed by atoms with van der Waals surface area (Å²) in [6.45, 7) is 8.75. The summed E-state index contributed by atoms with van der Waals surface area (Å²) in [4.78, 5) is 14.3. The number of rotatable bonds is 7. The van der Waals surface area contributed by atoms with E-state index in [9.17, 15) is 9.18 Å². The lowest BCUT2D eigenvalue weighted by atomic mass is 9.55. The molecular formula is C26H33FN2O2. The summed E-state index contributed by atoms with van der Waals surface area (Å²) in [5.74, 6) is 1.38. The largest absolute Gasteiger partial charge is 0.493 e. The van der Waals surface area contributed by atoms with Crippen molar-refractivity contribution in [3.05, 3.63) is 58.9 Å². The molecule has 5 heteroatoms. The quantitative estimate of drug-likeness (QED) is 0.663. The summed E-state index contributed by atoms with van der Waals surface area (Å²) in [6.07, 6.45) is 2.92. The number of ether oxygens (including phenoxy) is 1. The van der Waals surface area contributed by atoms with Gasteiger partial charge in [0.2, 0.25) is 5.91 Å². The fourth-order valence-corrected chi connectivity index (χ4v) is 5.34. The summed E-state index contributed by atoms with van der Waals surface area (Å²) in [5, 5.41) is 3.06. The number of hydrogen-bond acceptors (Lipinski definition) is 3. The molecule has 1 aliphatic heterocycles. The maximum atomic E-state index is 13.5. The lowest BCUT2D eigenvalue weighted by molar-refractivity contribution is -0.114. The van der Waals surface area contributed by atoms with Crippen LogP contribution in [0.25, 0.3) is 0 Å². The van der Waals surface area contributed by atoms with Crippen molar-refractivity contribution in [3.8, 4) is 5.75 Å². The lowest BCUT2D eigenvalue weighted by Gasteiger charge is -2.59. The van der Waals surface area contributed by atoms with Gasteiger partial charge in [-0.25, -0.2) is 4.39 Å². The fourth-order valence-electron chi connectivity index (χ4n) is 5.34. The van der Waals surface area contributed by atoms with Gasteiger partial charge in [-0.3, -0.25) is 4.79 Å². The molecule has 31 heavy (non-hydrogen) atoms. The Kier molecular flexibility index (Phi) is 6.07. The van der Waals surface area contributed by atoms with Crippen molar-refractivity contribution in [2.45, 2.75) is 46.0 Å². The van der Waals surface area contributed by atoms with Crippen LogP contribution < -0.4 is 10.1 Å². The van der Waals surface area contributed by atoms with Crippen LogP contribution in [0.15, 0.2) is 36.4 Å². The van der Waals surface area contributed by atoms with Crippen molar-refractivity contribution in [1.29, 1.82) is 0 Å². The molecule has 4 rings (SSSR count). The molecule has 0 radical (unpaired) electrons. The second kappa shape index (κ2) is 8.62. The van der Waals surface area contributed by atoms with Gasteiger partial charge in [-0.05, 0) is 72.5 Å². The zero-order valence-corrected chi connectivity index (χ0v) is 19.0. The van der Waals surface area contributed by atoms with Gasteiger partial charge < -0.3 is 15.0 Å². The van der Waals surface area contributed by atoms with E-state index in [1.807, 2.05) is 24.3 Å². The van der Waals surface area contributed by atoms with Gasteiger partial charge in [0, 0.05) is 37.7 Å². The molecule has 1 spiro atoms. The molecular weight excluding hydrogens is 391 g/mol. The molecule has 1 saturated carbocycles. The first kappa shape index (κ1) is 21.8. The molecule has 2 aliphatic rings. The Morgan fingerprint density at radius 2 is 1.87 bits per heavy atom. The summed E-state index contributed by atoms with van der Waals surface area (Å²) < 4.78 is 19.7. The molecule has 1 N–H and O–H groups in total. The van der Waals surface area contributed by atoms with Crippen molar-refractivity contribution in [3.63, 3.8) is 0 Å². The highest BCUT2D eigenvalue weighted by Gasteiger charge is 2.52. The van der Waals surface area contributed by atoms with Crippen LogP contribution in [0, 0.1) is 17.2 Å². The number of benzene rings is 2. The van der Waals surface area contributed by atoms with Crippen molar-refractivity contribution in [2.75, 3.05) is 32.1 Å². The molecule has 2 fully saturated rings. The van der Waals surface area contributed by atoms with Gasteiger partial charge in [-0.2, -0.15) is 0 Å². The zero-order chi connectivity index (χ0) is 22.2. The standard InChI is InChI=1S/C26H33FN2O2/c1-17(2)14-31-24-10-9-23(28-18(3)30)25(20-12-26(13-20)15-29(4)16-26)22(24)11-19-5-7-21(27)8-6-19/h5-10,17,20H,11-16H2,1-4H3,(H,28,30).